The number of hydrogen-bond donors (Lipinski definition) is 17. The van der Waals surface area contributed by atoms with Crippen molar-refractivity contribution in [3.63, 3.8) is 0 Å². The van der Waals surface area contributed by atoms with Crippen LogP contribution in [0.3, 0.4) is 0 Å². The molecule has 14 N–H and O–H groups in total. The van der Waals surface area contributed by atoms with E-state index in [2.05, 4.69) is 148 Å². The van der Waals surface area contributed by atoms with E-state index < -0.39 is 66.7 Å². The number of rotatable bonds is 46. The molecule has 2 aliphatic rings. The summed E-state index contributed by atoms with van der Waals surface area (Å²) in [6.45, 7) is 44.3. The van der Waals surface area contributed by atoms with Gasteiger partial charge in [0.05, 0.1) is 80.2 Å². The minimum absolute atomic E-state index is 0.128. The molecule has 2 saturated heterocycles. The molecular weight excluding hydrogens is 1640 g/mol. The molecule has 2 aromatic carbocycles. The normalized spacial score (nSPS) is 18.1. The van der Waals surface area contributed by atoms with Crippen LogP contribution in [0.5, 0.6) is 0 Å². The van der Waals surface area contributed by atoms with Gasteiger partial charge in [0.2, 0.25) is 0 Å². The molecule has 28 heteroatoms. The number of alkyl carbamates (subject to hydrolysis) is 1. The fourth-order valence-electron chi connectivity index (χ4n) is 11.3. The van der Waals surface area contributed by atoms with Gasteiger partial charge in [0.1, 0.15) is 12.2 Å². The zero-order valence-corrected chi connectivity index (χ0v) is 82.7. The van der Waals surface area contributed by atoms with Gasteiger partial charge in [-0.2, -0.15) is 73.2 Å². The topological polar surface area (TPSA) is 384 Å². The number of aliphatic hydroxyl groups excluding tert-OH is 11. The number of aliphatic carboxylic acids is 2. The first-order valence-corrected chi connectivity index (χ1v) is 48.8. The van der Waals surface area contributed by atoms with Crippen molar-refractivity contribution in [1.29, 1.82) is 0 Å². The number of hydrogen-bond acceptors (Lipinski definition) is 25. The van der Waals surface area contributed by atoms with Crippen LogP contribution >= 0.6 is 73.2 Å². The summed E-state index contributed by atoms with van der Waals surface area (Å²) in [4.78, 5) is 41.7. The molecule has 0 spiro atoms. The van der Waals surface area contributed by atoms with Crippen LogP contribution in [0.1, 0.15) is 298 Å². The molecule has 0 aromatic heterocycles. The van der Waals surface area contributed by atoms with Crippen molar-refractivity contribution >= 4 is 97.4 Å². The maximum Gasteiger partial charge on any atom is 0.509 e. The second-order valence-corrected chi connectivity index (χ2v) is 35.4. The number of carboxylic acid groups (broad SMARTS) is 2. The number of nitrogens with one attached hydrogen (secondary N) is 1. The third kappa shape index (κ3) is 88.5. The first kappa shape index (κ1) is 132. The number of carbonyl (C=O) groups is 4. The third-order valence-corrected chi connectivity index (χ3v) is 23.0. The Hall–Kier alpha value is -2.72. The Kier molecular flexibility index (Phi) is 103. The molecular formula is C91H177NO21S6. The van der Waals surface area contributed by atoms with Gasteiger partial charge in [-0.05, 0) is 167 Å². The summed E-state index contributed by atoms with van der Waals surface area (Å²) < 4.78 is 19.6. The Morgan fingerprint density at radius 1 is 0.504 bits per heavy atom. The number of aliphatic hydroxyl groups is 11. The van der Waals surface area contributed by atoms with Gasteiger partial charge in [0.15, 0.2) is 12.2 Å². The number of thioether (sulfide) groups is 3. The van der Waals surface area contributed by atoms with E-state index in [-0.39, 0.29) is 67.8 Å². The highest BCUT2D eigenvalue weighted by Gasteiger charge is 2.41. The smallest absolute Gasteiger partial charge is 0.481 e. The van der Waals surface area contributed by atoms with Gasteiger partial charge in [-0.3, -0.25) is 4.79 Å². The second-order valence-electron chi connectivity index (χ2n) is 30.1. The van der Waals surface area contributed by atoms with Crippen molar-refractivity contribution in [3.8, 4) is 0 Å². The summed E-state index contributed by atoms with van der Waals surface area (Å²) in [6, 6.07) is 20.7. The van der Waals surface area contributed by atoms with Gasteiger partial charge in [-0.15, -0.1) is 0 Å². The van der Waals surface area contributed by atoms with E-state index in [1.807, 2.05) is 96.3 Å². The molecule has 0 bridgehead atoms. The van der Waals surface area contributed by atoms with Gasteiger partial charge in [0.25, 0.3) is 0 Å². The van der Waals surface area contributed by atoms with Crippen LogP contribution in [-0.2, 0) is 40.0 Å². The summed E-state index contributed by atoms with van der Waals surface area (Å²) in [6.07, 6.45) is 17.6. The average Bonchev–Trinajstić information content (AvgIpc) is 1.50. The molecule has 1 amide bonds. The zero-order chi connectivity index (χ0) is 93.2. The van der Waals surface area contributed by atoms with E-state index in [4.69, 9.17) is 49.6 Å². The van der Waals surface area contributed by atoms with Gasteiger partial charge < -0.3 is 90.6 Å². The second kappa shape index (κ2) is 92.9. The number of amides is 1. The maximum atomic E-state index is 10.9. The average molecular weight is 1810 g/mol. The SMILES string of the molecule is C=CC(=O)O.CCCC(CC(C)O)SCCO.CCCC(CC(C)O)SCc1ccccc1.CCCC(O)C(OC(=O)NC)C(C)O.CCCC1OC(=O)OC1C(C)O.CCCC1OC1C(C)O.CCCCC(C)C(C)O.CCCS.CCCSC(CCC)CC(C)O.CCC[C@@H](C)C(C(C)O)[C@@H](C)C(=O)O.OCCS.SCc1ccccc1. The maximum absolute atomic E-state index is 10.9. The number of benzene rings is 2. The first-order valence-electron chi connectivity index (χ1n) is 43.8. The van der Waals surface area contributed by atoms with Crippen molar-refractivity contribution in [2.45, 2.75) is 399 Å². The highest BCUT2D eigenvalue weighted by molar-refractivity contribution is 8.00. The Bertz CT molecular complexity index is 2430. The lowest BCUT2D eigenvalue weighted by Gasteiger charge is -2.29. The predicted octanol–water partition coefficient (Wildman–Crippen LogP) is 18.8. The van der Waals surface area contributed by atoms with E-state index >= 15 is 0 Å². The van der Waals surface area contributed by atoms with Crippen LogP contribution in [0.25, 0.3) is 0 Å². The Morgan fingerprint density at radius 2 is 0.924 bits per heavy atom. The molecule has 2 fully saturated rings. The molecule has 21 atom stereocenters. The van der Waals surface area contributed by atoms with E-state index in [0.717, 1.165) is 113 Å². The fraction of sp³-hybridized carbons (Fsp3) is 0.802. The lowest BCUT2D eigenvalue weighted by molar-refractivity contribution is -0.145. The molecule has 2 aliphatic heterocycles. The molecule has 22 nitrogen and oxygen atoms in total. The molecule has 0 saturated carbocycles. The van der Waals surface area contributed by atoms with Crippen molar-refractivity contribution in [2.24, 2.45) is 23.7 Å². The summed E-state index contributed by atoms with van der Waals surface area (Å²) in [7, 11) is 1.42. The van der Waals surface area contributed by atoms with Crippen LogP contribution in [0, 0.1) is 23.7 Å². The standard InChI is InChI=1S/C14H22OS.C11H22O3.C10H22OS.C9H19NO4.C9H20O2S.C8H14O4.C8H18O.C7H14O2.C7H8S.C3H4O2.C3H8S.C2H6OS/c1-3-7-14(10-12(2)15)16-11-13-8-5-4-6-9-13;1-5-6-7(2)10(9(4)12)8(3)11(13)14;1-4-6-10(8-9(3)11)12-7-5-2;1-4-5-7(12)8(6(2)11)14-9(13)10-3;1-3-4-9(7-8(2)11)12-6-5-10;1-3-4-6-7(5(2)9)12-8(10)11-6;1-4-5-6-7(2)8(3)9;1-3-4-6-7(9-6)5(2)8;8-6-7-4-2-1-3-5-7;1-2-3(4)5;1-2-3-4;3-1-2-4/h4-6,8-9,12,14-15H,3,7,10-11H2,1-2H3;7-10,12H,5-6H2,1-4H3,(H,13,14);9-11H,4-8H2,1-3H3;6-8,11-12H,4-5H2,1-3H3,(H,10,13);8-11H,3-7H2,1-2H3;5-7,9H,3-4H2,1-2H3;7-9H,4-6H2,1-3H3;5-8H,3-4H2,1-2H3;1-5,8H,6H2;2H,1H2,(H,4,5);4H,2-3H2,1H3;3-4H,1-2H2/t;7-,8-,9?,10?;;;;;;;;;;/m.1........../s1. The Labute approximate surface area is 752 Å². The van der Waals surface area contributed by atoms with Crippen LogP contribution in [0.15, 0.2) is 73.3 Å². The monoisotopic (exact) mass is 1810 g/mol. The predicted molar refractivity (Wildman–Crippen MR) is 512 cm³/mol. The van der Waals surface area contributed by atoms with Crippen molar-refractivity contribution < 1.29 is 105 Å². The lowest BCUT2D eigenvalue weighted by atomic mass is 9.78. The van der Waals surface area contributed by atoms with Crippen molar-refractivity contribution in [2.75, 3.05) is 43.3 Å². The molecule has 2 heterocycles. The molecule has 4 rings (SSSR count). The summed E-state index contributed by atoms with van der Waals surface area (Å²) in [5.74, 6) is 3.80. The van der Waals surface area contributed by atoms with Crippen LogP contribution in [0.4, 0.5) is 9.59 Å². The van der Waals surface area contributed by atoms with E-state index in [1.54, 1.807) is 39.5 Å². The van der Waals surface area contributed by atoms with E-state index in [0.29, 0.717) is 39.9 Å². The Balaban J connectivity index is -0.000000191. The van der Waals surface area contributed by atoms with Crippen LogP contribution < -0.4 is 5.32 Å². The quantitative estimate of drug-likeness (QED) is 0.0127. The van der Waals surface area contributed by atoms with Gasteiger partial charge in [-0.1, -0.05) is 221 Å². The summed E-state index contributed by atoms with van der Waals surface area (Å²) in [5.41, 5.74) is 2.65. The Morgan fingerprint density at radius 3 is 1.23 bits per heavy atom. The largest absolute Gasteiger partial charge is 0.509 e. The van der Waals surface area contributed by atoms with E-state index in [1.165, 1.54) is 82.2 Å². The van der Waals surface area contributed by atoms with Crippen LogP contribution in [-0.4, -0.2) is 235 Å². The van der Waals surface area contributed by atoms with Crippen LogP contribution in [0.2, 0.25) is 0 Å². The third-order valence-electron chi connectivity index (χ3n) is 17.7. The molecule has 708 valence electrons. The highest BCUT2D eigenvalue weighted by atomic mass is 32.2. The number of carboxylic acids is 2. The zero-order valence-electron chi connectivity index (χ0n) is 77.5. The number of epoxide rings is 1. The molecule has 0 radical (unpaired) electrons. The first-order chi connectivity index (χ1) is 56.2. The molecule has 19 unspecified atom stereocenters. The van der Waals surface area contributed by atoms with Crippen molar-refractivity contribution in [1.82, 2.24) is 5.32 Å². The molecule has 2 aromatic rings. The van der Waals surface area contributed by atoms with Crippen molar-refractivity contribution in [3.05, 3.63) is 84.4 Å². The molecule has 119 heavy (non-hydrogen) atoms. The highest BCUT2D eigenvalue weighted by Crippen LogP contribution is 2.31. The number of ether oxygens (including phenoxy) is 4. The minimum atomic E-state index is -0.981. The van der Waals surface area contributed by atoms with Gasteiger partial charge >= 0.3 is 24.2 Å². The number of carbonyl (C=O) groups excluding carboxylic acids is 2. The number of cyclic esters (lactones) is 2. The number of unbranched alkanes of at least 4 members (excludes halogenated alkanes) is 1. The summed E-state index contributed by atoms with van der Waals surface area (Å²) in [5, 5.41) is 120. The fourth-order valence-corrected chi connectivity index (χ4v) is 15.6. The minimum Gasteiger partial charge on any atom is -0.481 e. The van der Waals surface area contributed by atoms with Gasteiger partial charge in [0, 0.05) is 57.8 Å². The van der Waals surface area contributed by atoms with E-state index in [9.17, 15) is 54.9 Å². The summed E-state index contributed by atoms with van der Waals surface area (Å²) >= 11 is 17.4. The molecule has 0 aliphatic carbocycles. The van der Waals surface area contributed by atoms with Gasteiger partial charge in [-0.25, -0.2) is 14.4 Å². The lowest BCUT2D eigenvalue weighted by Crippen LogP contribution is -2.41. The number of thiol groups is 3.